The van der Waals surface area contributed by atoms with Crippen molar-refractivity contribution in [1.82, 2.24) is 9.88 Å². The van der Waals surface area contributed by atoms with E-state index in [1.165, 1.54) is 5.56 Å². The minimum atomic E-state index is -0.834. The van der Waals surface area contributed by atoms with Gasteiger partial charge in [-0.3, -0.25) is 14.6 Å². The first-order chi connectivity index (χ1) is 16.5. The molecular formula is C26H30N2O5S. The lowest BCUT2D eigenvalue weighted by atomic mass is 9.98. The van der Waals surface area contributed by atoms with Crippen molar-refractivity contribution in [3.05, 3.63) is 59.4 Å². The number of imide groups is 3. The summed E-state index contributed by atoms with van der Waals surface area (Å²) in [4.78, 5) is 42.6. The number of rotatable bonds is 8. The molecule has 7 nitrogen and oxygen atoms in total. The average molecular weight is 483 g/mol. The molecule has 1 saturated carbocycles. The fourth-order valence-electron chi connectivity index (χ4n) is 4.15. The van der Waals surface area contributed by atoms with Gasteiger partial charge in [-0.1, -0.05) is 31.5 Å². The van der Waals surface area contributed by atoms with E-state index in [0.717, 1.165) is 67.3 Å². The van der Waals surface area contributed by atoms with Gasteiger partial charge in [-0.05, 0) is 79.6 Å². The van der Waals surface area contributed by atoms with E-state index in [1.807, 2.05) is 36.5 Å². The van der Waals surface area contributed by atoms with Crippen LogP contribution in [-0.2, 0) is 28.8 Å². The first-order valence-corrected chi connectivity index (χ1v) is 12.8. The first-order valence-electron chi connectivity index (χ1n) is 11.9. The molecule has 0 N–H and O–H groups in total. The summed E-state index contributed by atoms with van der Waals surface area (Å²) in [6, 6.07) is 11.6. The normalized spacial score (nSPS) is 18.9. The summed E-state index contributed by atoms with van der Waals surface area (Å²) in [5, 5.41) is -1.19. The number of hydrogen-bond acceptors (Lipinski definition) is 7. The van der Waals surface area contributed by atoms with Gasteiger partial charge in [0.25, 0.3) is 11.1 Å². The van der Waals surface area contributed by atoms with Crippen molar-refractivity contribution >= 4 is 29.0 Å². The van der Waals surface area contributed by atoms with Gasteiger partial charge in [0.1, 0.15) is 11.9 Å². The number of amides is 3. The van der Waals surface area contributed by atoms with Crippen LogP contribution in [0.4, 0.5) is 9.59 Å². The van der Waals surface area contributed by atoms with E-state index < -0.39 is 22.5 Å². The van der Waals surface area contributed by atoms with E-state index in [9.17, 15) is 14.4 Å². The van der Waals surface area contributed by atoms with Crippen LogP contribution in [0.2, 0.25) is 0 Å². The van der Waals surface area contributed by atoms with E-state index in [0.29, 0.717) is 24.3 Å². The highest BCUT2D eigenvalue weighted by Crippen LogP contribution is 2.31. The molecule has 3 amide bonds. The Hall–Kier alpha value is -2.87. The van der Waals surface area contributed by atoms with E-state index in [-0.39, 0.29) is 6.10 Å². The molecule has 1 aromatic heterocycles. The monoisotopic (exact) mass is 482 g/mol. The van der Waals surface area contributed by atoms with Crippen molar-refractivity contribution in [2.75, 3.05) is 6.61 Å². The number of carbonyl (C=O) groups excluding carboxylic acids is 3. The van der Waals surface area contributed by atoms with Gasteiger partial charge < -0.3 is 9.47 Å². The molecule has 1 atom stereocenters. The summed E-state index contributed by atoms with van der Waals surface area (Å²) < 4.78 is 11.2. The second-order valence-corrected chi connectivity index (χ2v) is 9.80. The van der Waals surface area contributed by atoms with Crippen molar-refractivity contribution in [2.45, 2.75) is 69.6 Å². The molecule has 4 rings (SSSR count). The Balaban J connectivity index is 1.25. The van der Waals surface area contributed by atoms with Crippen LogP contribution < -0.4 is 4.74 Å². The number of aryl methyl sites for hydroxylation is 1. The zero-order chi connectivity index (χ0) is 23.9. The molecule has 2 aliphatic rings. The smallest absolute Gasteiger partial charge is 0.424 e. The minimum Gasteiger partial charge on any atom is -0.493 e. The third-order valence-electron chi connectivity index (χ3n) is 6.19. The molecule has 0 radical (unpaired) electrons. The highest BCUT2D eigenvalue weighted by atomic mass is 32.2. The van der Waals surface area contributed by atoms with Gasteiger partial charge >= 0.3 is 6.09 Å². The molecule has 180 valence electrons. The summed E-state index contributed by atoms with van der Waals surface area (Å²) >= 11 is 0.884. The van der Waals surface area contributed by atoms with E-state index in [2.05, 4.69) is 18.0 Å². The zero-order valence-electron chi connectivity index (χ0n) is 19.4. The van der Waals surface area contributed by atoms with Crippen LogP contribution in [-0.4, -0.2) is 45.1 Å². The number of carbonyl (C=O) groups is 3. The van der Waals surface area contributed by atoms with Gasteiger partial charge in [0.2, 0.25) is 0 Å². The standard InChI is InChI=1S/C26H30N2O5S/c1-2-18-8-11-20(27-17-18)14-15-32-21-12-9-19(10-13-21)16-23-24(29)28(26(31)34-23)25(30)33-22-6-4-3-5-7-22/h8-13,17,22-23H,2-7,14-16H2,1H3. The average Bonchev–Trinajstić information content (AvgIpc) is 3.13. The fraction of sp³-hybridized carbons (Fsp3) is 0.462. The molecule has 1 unspecified atom stereocenters. The Bertz CT molecular complexity index is 1000. The highest BCUT2D eigenvalue weighted by Gasteiger charge is 2.45. The van der Waals surface area contributed by atoms with Gasteiger partial charge in [-0.2, -0.15) is 4.90 Å². The molecule has 1 aromatic carbocycles. The van der Waals surface area contributed by atoms with E-state index >= 15 is 0 Å². The summed E-state index contributed by atoms with van der Waals surface area (Å²) in [6.45, 7) is 2.62. The van der Waals surface area contributed by atoms with Gasteiger partial charge in [0, 0.05) is 18.3 Å². The van der Waals surface area contributed by atoms with Gasteiger partial charge in [0.15, 0.2) is 0 Å². The van der Waals surface area contributed by atoms with Gasteiger partial charge in [0.05, 0.1) is 11.9 Å². The molecule has 0 bridgehead atoms. The van der Waals surface area contributed by atoms with Crippen LogP contribution in [0.25, 0.3) is 0 Å². The molecule has 1 aliphatic heterocycles. The van der Waals surface area contributed by atoms with Crippen molar-refractivity contribution in [3.63, 3.8) is 0 Å². The number of benzene rings is 1. The fourth-order valence-corrected chi connectivity index (χ4v) is 5.15. The molecule has 0 spiro atoms. The molecule has 2 aromatic rings. The van der Waals surface area contributed by atoms with Crippen LogP contribution in [0.15, 0.2) is 42.6 Å². The number of ether oxygens (including phenoxy) is 2. The number of hydrogen-bond donors (Lipinski definition) is 0. The second kappa shape index (κ2) is 11.5. The SMILES string of the molecule is CCc1ccc(CCOc2ccc(CC3SC(=O)N(C(=O)OC4CCCCC4)C3=O)cc2)nc1. The van der Waals surface area contributed by atoms with Gasteiger partial charge in [-0.15, -0.1) is 0 Å². The minimum absolute atomic E-state index is 0.204. The lowest BCUT2D eigenvalue weighted by molar-refractivity contribution is -0.125. The molecule has 2 fully saturated rings. The third kappa shape index (κ3) is 6.17. The van der Waals surface area contributed by atoms with Crippen LogP contribution >= 0.6 is 11.8 Å². The largest absolute Gasteiger partial charge is 0.493 e. The van der Waals surface area contributed by atoms with Crippen LogP contribution in [0.3, 0.4) is 0 Å². The first kappa shape index (κ1) is 24.3. The predicted octanol–water partition coefficient (Wildman–Crippen LogP) is 5.34. The second-order valence-electron chi connectivity index (χ2n) is 8.65. The van der Waals surface area contributed by atoms with E-state index in [1.54, 1.807) is 0 Å². The zero-order valence-corrected chi connectivity index (χ0v) is 20.2. The maximum Gasteiger partial charge on any atom is 0.424 e. The summed E-state index contributed by atoms with van der Waals surface area (Å²) in [6.07, 6.45) is 7.60. The topological polar surface area (TPSA) is 85.8 Å². The van der Waals surface area contributed by atoms with Crippen LogP contribution in [0.1, 0.15) is 55.8 Å². The summed E-state index contributed by atoms with van der Waals surface area (Å²) in [7, 11) is 0. The molecule has 1 saturated heterocycles. The molecule has 2 heterocycles. The number of aromatic nitrogens is 1. The molecule has 8 heteroatoms. The van der Waals surface area contributed by atoms with Crippen LogP contribution in [0, 0.1) is 0 Å². The molecule has 34 heavy (non-hydrogen) atoms. The molecular weight excluding hydrogens is 452 g/mol. The maximum atomic E-state index is 12.7. The maximum absolute atomic E-state index is 12.7. The lowest BCUT2D eigenvalue weighted by Gasteiger charge is -2.23. The van der Waals surface area contributed by atoms with Crippen LogP contribution in [0.5, 0.6) is 5.75 Å². The van der Waals surface area contributed by atoms with Gasteiger partial charge in [-0.25, -0.2) is 4.79 Å². The number of pyridine rings is 1. The van der Waals surface area contributed by atoms with E-state index in [4.69, 9.17) is 9.47 Å². The number of nitrogens with zero attached hydrogens (tertiary/aromatic N) is 2. The van der Waals surface area contributed by atoms with Crippen molar-refractivity contribution in [3.8, 4) is 5.75 Å². The Morgan fingerprint density at radius 2 is 1.79 bits per heavy atom. The molecule has 1 aliphatic carbocycles. The lowest BCUT2D eigenvalue weighted by Crippen LogP contribution is -2.40. The predicted molar refractivity (Wildman–Crippen MR) is 130 cm³/mol. The number of thioether (sulfide) groups is 1. The Kier molecular flexibility index (Phi) is 8.21. The quantitative estimate of drug-likeness (QED) is 0.502. The summed E-state index contributed by atoms with van der Waals surface area (Å²) in [5.41, 5.74) is 3.09. The third-order valence-corrected chi connectivity index (χ3v) is 7.23. The highest BCUT2D eigenvalue weighted by molar-refractivity contribution is 8.15. The Labute approximate surface area is 204 Å². The van der Waals surface area contributed by atoms with Crippen molar-refractivity contribution in [1.29, 1.82) is 0 Å². The Morgan fingerprint density at radius 1 is 1.06 bits per heavy atom. The Morgan fingerprint density at radius 3 is 2.47 bits per heavy atom. The van der Waals surface area contributed by atoms with Crippen molar-refractivity contribution < 1.29 is 23.9 Å². The summed E-state index contributed by atoms with van der Waals surface area (Å²) in [5.74, 6) is 0.228. The van der Waals surface area contributed by atoms with Crippen molar-refractivity contribution in [2.24, 2.45) is 0 Å².